The molecule has 0 saturated heterocycles. The summed E-state index contributed by atoms with van der Waals surface area (Å²) in [6.07, 6.45) is 1.19. The van der Waals surface area contributed by atoms with Gasteiger partial charge in [-0.1, -0.05) is 0 Å². The van der Waals surface area contributed by atoms with E-state index in [-0.39, 0.29) is 11.6 Å². The van der Waals surface area contributed by atoms with Crippen LogP contribution in [0.3, 0.4) is 0 Å². The van der Waals surface area contributed by atoms with Crippen LogP contribution < -0.4 is 4.90 Å². The second-order valence-electron chi connectivity index (χ2n) is 6.59. The maximum atomic E-state index is 9.64. The van der Waals surface area contributed by atoms with Gasteiger partial charge in [0, 0.05) is 11.2 Å². The van der Waals surface area contributed by atoms with Gasteiger partial charge >= 0.3 is 0 Å². The summed E-state index contributed by atoms with van der Waals surface area (Å²) in [5.41, 5.74) is 2.49. The Kier molecular flexibility index (Phi) is 3.77. The molecule has 1 aromatic rings. The molecule has 1 aromatic carbocycles. The summed E-state index contributed by atoms with van der Waals surface area (Å²) in [6, 6.07) is 6.01. The first kappa shape index (κ1) is 14.2. The lowest BCUT2D eigenvalue weighted by Crippen LogP contribution is -2.48. The van der Waals surface area contributed by atoms with E-state index in [1.807, 2.05) is 12.1 Å². The van der Waals surface area contributed by atoms with Crippen LogP contribution in [-0.2, 0) is 11.2 Å². The van der Waals surface area contributed by atoms with Crippen LogP contribution in [-0.4, -0.2) is 29.4 Å². The highest BCUT2D eigenvalue weighted by atomic mass is 16.5. The number of fused-ring (bicyclic) bond motifs is 1. The Bertz CT molecular complexity index is 449. The normalized spacial score (nSPS) is 19.1. The van der Waals surface area contributed by atoms with Crippen LogP contribution in [0.25, 0.3) is 0 Å². The second-order valence-corrected chi connectivity index (χ2v) is 6.59. The highest BCUT2D eigenvalue weighted by molar-refractivity contribution is 5.63. The molecule has 1 aliphatic heterocycles. The molecule has 0 amide bonds. The maximum Gasteiger partial charge on any atom is 0.116 e. The minimum atomic E-state index is 0.0488. The van der Waals surface area contributed by atoms with Crippen LogP contribution in [0.4, 0.5) is 5.69 Å². The van der Waals surface area contributed by atoms with Crippen LogP contribution >= 0.6 is 0 Å². The van der Waals surface area contributed by atoms with Gasteiger partial charge in [0.25, 0.3) is 0 Å². The van der Waals surface area contributed by atoms with Crippen molar-refractivity contribution in [1.29, 1.82) is 0 Å². The number of aromatic hydroxyl groups is 1. The summed E-state index contributed by atoms with van der Waals surface area (Å²) in [5.74, 6) is 0.345. The Labute approximate surface area is 116 Å². The third-order valence-electron chi connectivity index (χ3n) is 3.49. The molecule has 0 spiro atoms. The van der Waals surface area contributed by atoms with Crippen LogP contribution in [0.5, 0.6) is 5.75 Å². The Hall–Kier alpha value is -1.22. The van der Waals surface area contributed by atoms with Gasteiger partial charge in [-0.15, -0.1) is 0 Å². The van der Waals surface area contributed by atoms with Crippen molar-refractivity contribution >= 4 is 5.69 Å². The smallest absolute Gasteiger partial charge is 0.116 e. The van der Waals surface area contributed by atoms with Crippen LogP contribution in [0.2, 0.25) is 0 Å². The van der Waals surface area contributed by atoms with E-state index in [4.69, 9.17) is 4.74 Å². The molecule has 3 heteroatoms. The number of ether oxygens (including phenoxy) is 1. The lowest BCUT2D eigenvalue weighted by molar-refractivity contribution is 0.0652. The van der Waals surface area contributed by atoms with Gasteiger partial charge < -0.3 is 14.7 Å². The van der Waals surface area contributed by atoms with Crippen molar-refractivity contribution in [3.63, 3.8) is 0 Å². The van der Waals surface area contributed by atoms with Crippen molar-refractivity contribution < 1.29 is 9.84 Å². The number of nitrogens with zero attached hydrogens (tertiary/aromatic N) is 1. The van der Waals surface area contributed by atoms with Crippen molar-refractivity contribution in [2.75, 3.05) is 11.5 Å². The van der Waals surface area contributed by atoms with Crippen molar-refractivity contribution in [3.8, 4) is 5.75 Å². The molecule has 0 aliphatic carbocycles. The number of phenolic OH excluding ortho intramolecular Hbond substituents is 1. The minimum Gasteiger partial charge on any atom is -0.508 e. The monoisotopic (exact) mass is 263 g/mol. The summed E-state index contributed by atoms with van der Waals surface area (Å²) in [5, 5.41) is 9.64. The number of hydrogen-bond donors (Lipinski definition) is 1. The first-order valence-electron chi connectivity index (χ1n) is 7.02. The fourth-order valence-corrected chi connectivity index (χ4v) is 2.86. The van der Waals surface area contributed by atoms with Crippen LogP contribution in [0.15, 0.2) is 18.2 Å². The van der Waals surface area contributed by atoms with E-state index in [0.29, 0.717) is 11.8 Å². The second kappa shape index (κ2) is 5.04. The minimum absolute atomic E-state index is 0.0488. The molecule has 0 aromatic heterocycles. The zero-order valence-electron chi connectivity index (χ0n) is 12.6. The van der Waals surface area contributed by atoms with Crippen LogP contribution in [0, 0.1) is 0 Å². The van der Waals surface area contributed by atoms with E-state index >= 15 is 0 Å². The molecular formula is C16H25NO2. The lowest BCUT2D eigenvalue weighted by Gasteiger charge is -2.39. The first-order valence-corrected chi connectivity index (χ1v) is 7.02. The van der Waals surface area contributed by atoms with Gasteiger partial charge in [-0.05, 0) is 64.8 Å². The molecule has 1 N–H and O–H groups in total. The number of phenols is 1. The number of anilines is 1. The van der Waals surface area contributed by atoms with E-state index < -0.39 is 0 Å². The Morgan fingerprint density at radius 3 is 2.63 bits per heavy atom. The molecule has 0 bridgehead atoms. The number of rotatable bonds is 3. The fourth-order valence-electron chi connectivity index (χ4n) is 2.86. The lowest BCUT2D eigenvalue weighted by atomic mass is 10.0. The topological polar surface area (TPSA) is 32.7 Å². The fraction of sp³-hybridized carbons (Fsp3) is 0.625. The van der Waals surface area contributed by atoms with E-state index in [2.05, 4.69) is 39.5 Å². The summed E-state index contributed by atoms with van der Waals surface area (Å²) in [4.78, 5) is 2.42. The molecule has 19 heavy (non-hydrogen) atoms. The van der Waals surface area contributed by atoms with Crippen molar-refractivity contribution in [3.05, 3.63) is 23.8 Å². The predicted molar refractivity (Wildman–Crippen MR) is 78.9 cm³/mol. The summed E-state index contributed by atoms with van der Waals surface area (Å²) in [7, 11) is 0. The SMILES string of the molecule is CC(C)OCC1Cc2cc(O)ccc2N1C(C)(C)C. The molecule has 1 unspecified atom stereocenters. The molecule has 0 radical (unpaired) electrons. The van der Waals surface area contributed by atoms with Gasteiger partial charge in [-0.3, -0.25) is 0 Å². The maximum absolute atomic E-state index is 9.64. The predicted octanol–water partition coefficient (Wildman–Crippen LogP) is 3.35. The highest BCUT2D eigenvalue weighted by Crippen LogP contribution is 2.39. The third kappa shape index (κ3) is 3.03. The molecule has 0 fully saturated rings. The molecule has 1 heterocycles. The van der Waals surface area contributed by atoms with E-state index in [1.54, 1.807) is 6.07 Å². The molecule has 2 rings (SSSR count). The van der Waals surface area contributed by atoms with Gasteiger partial charge in [-0.2, -0.15) is 0 Å². The average molecular weight is 263 g/mol. The van der Waals surface area contributed by atoms with Crippen LogP contribution in [0.1, 0.15) is 40.2 Å². The first-order chi connectivity index (χ1) is 8.79. The zero-order valence-corrected chi connectivity index (χ0v) is 12.6. The molecule has 3 nitrogen and oxygen atoms in total. The highest BCUT2D eigenvalue weighted by Gasteiger charge is 2.36. The molecule has 0 saturated carbocycles. The van der Waals surface area contributed by atoms with E-state index in [0.717, 1.165) is 13.0 Å². The zero-order chi connectivity index (χ0) is 14.2. The Morgan fingerprint density at radius 1 is 1.37 bits per heavy atom. The summed E-state index contributed by atoms with van der Waals surface area (Å²) >= 11 is 0. The van der Waals surface area contributed by atoms with Gasteiger partial charge in [-0.25, -0.2) is 0 Å². The average Bonchev–Trinajstić information content (AvgIpc) is 2.63. The third-order valence-corrected chi connectivity index (χ3v) is 3.49. The Balaban J connectivity index is 2.27. The quantitative estimate of drug-likeness (QED) is 0.907. The summed E-state index contributed by atoms with van der Waals surface area (Å²) < 4.78 is 5.81. The molecular weight excluding hydrogens is 238 g/mol. The molecule has 106 valence electrons. The van der Waals surface area contributed by atoms with E-state index in [9.17, 15) is 5.11 Å². The standard InChI is InChI=1S/C16H25NO2/c1-11(2)19-10-13-8-12-9-14(18)6-7-15(12)17(13)16(3,4)5/h6-7,9,11,13,18H,8,10H2,1-5H3. The molecule has 1 aliphatic rings. The van der Waals surface area contributed by atoms with Crippen molar-refractivity contribution in [2.24, 2.45) is 0 Å². The number of benzene rings is 1. The van der Waals surface area contributed by atoms with Gasteiger partial charge in [0.15, 0.2) is 0 Å². The van der Waals surface area contributed by atoms with Gasteiger partial charge in [0.2, 0.25) is 0 Å². The molecule has 1 atom stereocenters. The number of hydrogen-bond acceptors (Lipinski definition) is 3. The largest absolute Gasteiger partial charge is 0.508 e. The van der Waals surface area contributed by atoms with Crippen molar-refractivity contribution in [1.82, 2.24) is 0 Å². The van der Waals surface area contributed by atoms with Crippen molar-refractivity contribution in [2.45, 2.75) is 58.7 Å². The van der Waals surface area contributed by atoms with E-state index in [1.165, 1.54) is 11.3 Å². The Morgan fingerprint density at radius 2 is 2.05 bits per heavy atom. The van der Waals surface area contributed by atoms with Gasteiger partial charge in [0.05, 0.1) is 18.8 Å². The van der Waals surface area contributed by atoms with Gasteiger partial charge in [0.1, 0.15) is 5.75 Å². The summed E-state index contributed by atoms with van der Waals surface area (Å²) in [6.45, 7) is 11.5.